The SMILES string of the molecule is CCOC(=O)c1cc(C#N)c(Br)c(SC(F)(F)F)c1. The molecule has 0 aliphatic rings. The van der Waals surface area contributed by atoms with Crippen molar-refractivity contribution in [2.24, 2.45) is 0 Å². The number of halogens is 4. The van der Waals surface area contributed by atoms with Gasteiger partial charge in [0, 0.05) is 9.37 Å². The van der Waals surface area contributed by atoms with Gasteiger partial charge < -0.3 is 4.74 Å². The minimum absolute atomic E-state index is 0.00498. The third kappa shape index (κ3) is 4.44. The van der Waals surface area contributed by atoms with Crippen LogP contribution in [0.2, 0.25) is 0 Å². The first-order valence-electron chi connectivity index (χ1n) is 4.95. The van der Waals surface area contributed by atoms with E-state index in [-0.39, 0.29) is 27.1 Å². The van der Waals surface area contributed by atoms with E-state index >= 15 is 0 Å². The van der Waals surface area contributed by atoms with E-state index in [0.29, 0.717) is 0 Å². The van der Waals surface area contributed by atoms with Gasteiger partial charge in [-0.05, 0) is 46.7 Å². The first kappa shape index (κ1) is 15.9. The second-order valence-electron chi connectivity index (χ2n) is 3.22. The Hall–Kier alpha value is -1.20. The monoisotopic (exact) mass is 353 g/mol. The molecule has 0 aliphatic carbocycles. The number of hydrogen-bond acceptors (Lipinski definition) is 4. The number of thioether (sulfide) groups is 1. The fraction of sp³-hybridized carbons (Fsp3) is 0.273. The zero-order chi connectivity index (χ0) is 14.6. The summed E-state index contributed by atoms with van der Waals surface area (Å²) in [5, 5.41) is 8.85. The van der Waals surface area contributed by atoms with Crippen molar-refractivity contribution in [1.82, 2.24) is 0 Å². The first-order chi connectivity index (χ1) is 8.78. The largest absolute Gasteiger partial charge is 0.462 e. The van der Waals surface area contributed by atoms with Crippen molar-refractivity contribution in [2.75, 3.05) is 6.61 Å². The van der Waals surface area contributed by atoms with Crippen molar-refractivity contribution in [3.63, 3.8) is 0 Å². The lowest BCUT2D eigenvalue weighted by Crippen LogP contribution is -2.07. The molecule has 0 atom stereocenters. The number of alkyl halides is 3. The van der Waals surface area contributed by atoms with Gasteiger partial charge in [0.1, 0.15) is 6.07 Å². The Balaban J connectivity index is 3.27. The highest BCUT2D eigenvalue weighted by molar-refractivity contribution is 9.10. The van der Waals surface area contributed by atoms with E-state index in [1.54, 1.807) is 13.0 Å². The third-order valence-corrected chi connectivity index (χ3v) is 3.79. The van der Waals surface area contributed by atoms with Gasteiger partial charge in [0.05, 0.1) is 17.7 Å². The van der Waals surface area contributed by atoms with Crippen LogP contribution in [0.1, 0.15) is 22.8 Å². The minimum atomic E-state index is -4.51. The number of nitriles is 1. The summed E-state index contributed by atoms with van der Waals surface area (Å²) in [4.78, 5) is 11.2. The van der Waals surface area contributed by atoms with E-state index in [1.165, 1.54) is 6.07 Å². The maximum Gasteiger partial charge on any atom is 0.446 e. The summed E-state index contributed by atoms with van der Waals surface area (Å²) in [5.41, 5.74) is -4.66. The standard InChI is InChI=1S/C11H7BrF3NO2S/c1-2-18-10(17)6-3-7(5-16)9(12)8(4-6)19-11(13,14)15/h3-4H,2H2,1H3. The molecular formula is C11H7BrF3NO2S. The van der Waals surface area contributed by atoms with Crippen molar-refractivity contribution in [3.8, 4) is 6.07 Å². The molecule has 0 radical (unpaired) electrons. The smallest absolute Gasteiger partial charge is 0.446 e. The van der Waals surface area contributed by atoms with Crippen molar-refractivity contribution >= 4 is 33.7 Å². The summed E-state index contributed by atoms with van der Waals surface area (Å²) in [6.45, 7) is 1.67. The topological polar surface area (TPSA) is 50.1 Å². The molecule has 102 valence electrons. The van der Waals surface area contributed by atoms with E-state index in [9.17, 15) is 18.0 Å². The number of hydrogen-bond donors (Lipinski definition) is 0. The van der Waals surface area contributed by atoms with Crippen LogP contribution >= 0.6 is 27.7 Å². The Morgan fingerprint density at radius 1 is 1.53 bits per heavy atom. The van der Waals surface area contributed by atoms with Crippen LogP contribution in [0.3, 0.4) is 0 Å². The molecule has 8 heteroatoms. The number of nitrogens with zero attached hydrogens (tertiary/aromatic N) is 1. The molecule has 1 rings (SSSR count). The van der Waals surface area contributed by atoms with Crippen LogP contribution < -0.4 is 0 Å². The maximum atomic E-state index is 12.4. The molecule has 0 saturated heterocycles. The molecule has 1 aromatic rings. The quantitative estimate of drug-likeness (QED) is 0.606. The van der Waals surface area contributed by atoms with Gasteiger partial charge in [0.15, 0.2) is 0 Å². The second kappa shape index (κ2) is 6.30. The second-order valence-corrected chi connectivity index (χ2v) is 5.12. The Labute approximate surface area is 119 Å². The van der Waals surface area contributed by atoms with E-state index in [2.05, 4.69) is 15.9 Å². The molecule has 0 saturated carbocycles. The predicted molar refractivity (Wildman–Crippen MR) is 66.7 cm³/mol. The van der Waals surface area contributed by atoms with Crippen molar-refractivity contribution in [1.29, 1.82) is 5.26 Å². The average molecular weight is 354 g/mol. The Kier molecular flexibility index (Phi) is 5.26. The highest BCUT2D eigenvalue weighted by atomic mass is 79.9. The minimum Gasteiger partial charge on any atom is -0.462 e. The number of carbonyl (C=O) groups is 1. The van der Waals surface area contributed by atoms with Crippen molar-refractivity contribution in [2.45, 2.75) is 17.3 Å². The molecule has 0 aliphatic heterocycles. The van der Waals surface area contributed by atoms with Gasteiger partial charge in [-0.25, -0.2) is 4.79 Å². The number of carbonyl (C=O) groups excluding carboxylic acids is 1. The summed E-state index contributed by atoms with van der Waals surface area (Å²) in [5.74, 6) is -0.768. The predicted octanol–water partition coefficient (Wildman–Crippen LogP) is 4.11. The summed E-state index contributed by atoms with van der Waals surface area (Å²) in [7, 11) is 0. The first-order valence-corrected chi connectivity index (χ1v) is 6.56. The molecule has 0 heterocycles. The summed E-state index contributed by atoms with van der Waals surface area (Å²) in [6.07, 6.45) is 0. The molecule has 0 amide bonds. The number of esters is 1. The zero-order valence-electron chi connectivity index (χ0n) is 9.55. The molecule has 1 aromatic carbocycles. The Bertz CT molecular complexity index is 540. The number of rotatable bonds is 3. The van der Waals surface area contributed by atoms with E-state index in [0.717, 1.165) is 6.07 Å². The van der Waals surface area contributed by atoms with Crippen LogP contribution in [0.5, 0.6) is 0 Å². The average Bonchev–Trinajstić information content (AvgIpc) is 2.30. The highest BCUT2D eigenvalue weighted by Crippen LogP contribution is 2.41. The fourth-order valence-corrected chi connectivity index (χ4v) is 2.41. The lowest BCUT2D eigenvalue weighted by Gasteiger charge is -2.10. The van der Waals surface area contributed by atoms with Gasteiger partial charge in [0.2, 0.25) is 0 Å². The number of ether oxygens (including phenoxy) is 1. The summed E-state index contributed by atoms with van der Waals surface area (Å²) in [6, 6.07) is 3.95. The molecular weight excluding hydrogens is 347 g/mol. The van der Waals surface area contributed by atoms with Gasteiger partial charge in [0.25, 0.3) is 0 Å². The molecule has 0 aromatic heterocycles. The van der Waals surface area contributed by atoms with Gasteiger partial charge in [-0.3, -0.25) is 0 Å². The van der Waals surface area contributed by atoms with E-state index < -0.39 is 23.2 Å². The van der Waals surface area contributed by atoms with Crippen LogP contribution in [-0.2, 0) is 4.74 Å². The van der Waals surface area contributed by atoms with Crippen LogP contribution in [0.15, 0.2) is 21.5 Å². The maximum absolute atomic E-state index is 12.4. The molecule has 19 heavy (non-hydrogen) atoms. The zero-order valence-corrected chi connectivity index (χ0v) is 11.9. The van der Waals surface area contributed by atoms with Crippen LogP contribution in [0.4, 0.5) is 13.2 Å². The van der Waals surface area contributed by atoms with Crippen molar-refractivity contribution in [3.05, 3.63) is 27.7 Å². The van der Waals surface area contributed by atoms with Crippen molar-refractivity contribution < 1.29 is 22.7 Å². The van der Waals surface area contributed by atoms with Gasteiger partial charge in [-0.1, -0.05) is 0 Å². The molecule has 0 N–H and O–H groups in total. The Morgan fingerprint density at radius 3 is 2.63 bits per heavy atom. The van der Waals surface area contributed by atoms with Gasteiger partial charge in [-0.2, -0.15) is 18.4 Å². The lowest BCUT2D eigenvalue weighted by molar-refractivity contribution is -0.0328. The van der Waals surface area contributed by atoms with E-state index in [4.69, 9.17) is 10.00 Å². The van der Waals surface area contributed by atoms with Crippen LogP contribution in [0.25, 0.3) is 0 Å². The Morgan fingerprint density at radius 2 is 2.16 bits per heavy atom. The van der Waals surface area contributed by atoms with Crippen LogP contribution in [0, 0.1) is 11.3 Å². The third-order valence-electron chi connectivity index (χ3n) is 1.90. The fourth-order valence-electron chi connectivity index (χ4n) is 1.21. The number of benzene rings is 1. The van der Waals surface area contributed by atoms with Gasteiger partial charge in [-0.15, -0.1) is 0 Å². The van der Waals surface area contributed by atoms with E-state index in [1.807, 2.05) is 0 Å². The lowest BCUT2D eigenvalue weighted by atomic mass is 10.1. The van der Waals surface area contributed by atoms with Gasteiger partial charge >= 0.3 is 11.5 Å². The molecule has 0 unspecified atom stereocenters. The summed E-state index contributed by atoms with van der Waals surface area (Å²) < 4.78 is 41.8. The molecule has 0 fully saturated rings. The molecule has 0 spiro atoms. The summed E-state index contributed by atoms with van der Waals surface area (Å²) >= 11 is 2.52. The molecule has 3 nitrogen and oxygen atoms in total. The highest BCUT2D eigenvalue weighted by Gasteiger charge is 2.31. The normalized spacial score (nSPS) is 10.9. The van der Waals surface area contributed by atoms with Crippen LogP contribution in [-0.4, -0.2) is 18.1 Å². The molecule has 0 bridgehead atoms.